The van der Waals surface area contributed by atoms with Crippen LogP contribution in [0.4, 0.5) is 4.79 Å². The quantitative estimate of drug-likeness (QED) is 0.724. The van der Waals surface area contributed by atoms with Gasteiger partial charge in [-0.05, 0) is 52.4 Å². The Balaban J connectivity index is 2.34. The number of amides is 1. The number of aliphatic hydroxyl groups is 1. The third-order valence-corrected chi connectivity index (χ3v) is 3.19. The Kier molecular flexibility index (Phi) is 5.17. The molecule has 1 atom stereocenters. The monoisotopic (exact) mass is 273 g/mol. The van der Waals surface area contributed by atoms with Crippen LogP contribution < -0.4 is 5.32 Å². The van der Waals surface area contributed by atoms with Crippen LogP contribution >= 0.6 is 0 Å². The molecule has 1 amide bonds. The lowest BCUT2D eigenvalue weighted by Crippen LogP contribution is -2.42. The number of nitrogens with one attached hydrogen (secondary N) is 1. The molecule has 1 fully saturated rings. The first-order valence-electron chi connectivity index (χ1n) is 6.59. The summed E-state index contributed by atoms with van der Waals surface area (Å²) in [5.74, 6) is -1.40. The molecule has 0 aromatic carbocycles. The maximum atomic E-state index is 11.6. The van der Waals surface area contributed by atoms with Gasteiger partial charge in [0.2, 0.25) is 0 Å². The summed E-state index contributed by atoms with van der Waals surface area (Å²) in [7, 11) is 0. The minimum absolute atomic E-state index is 0.00732. The standard InChI is InChI=1S/C13H23NO5/c1-13(2,3)19-12(18)14-9-6-4-8(5-7-9)10(15)11(16)17/h8-10,15H,4-7H2,1-3H3,(H,14,18)(H,16,17). The van der Waals surface area contributed by atoms with Crippen molar-refractivity contribution in [1.82, 2.24) is 5.32 Å². The molecule has 0 bridgehead atoms. The highest BCUT2D eigenvalue weighted by molar-refractivity contribution is 5.72. The predicted molar refractivity (Wildman–Crippen MR) is 68.8 cm³/mol. The van der Waals surface area contributed by atoms with E-state index in [1.165, 1.54) is 0 Å². The third-order valence-electron chi connectivity index (χ3n) is 3.19. The number of carboxylic acid groups (broad SMARTS) is 1. The summed E-state index contributed by atoms with van der Waals surface area (Å²) in [6.45, 7) is 5.39. The van der Waals surface area contributed by atoms with Crippen molar-refractivity contribution in [2.45, 2.75) is 64.2 Å². The molecule has 1 aliphatic rings. The Morgan fingerprint density at radius 3 is 2.16 bits per heavy atom. The van der Waals surface area contributed by atoms with Crippen molar-refractivity contribution in [2.75, 3.05) is 0 Å². The van der Waals surface area contributed by atoms with Gasteiger partial charge in [-0.15, -0.1) is 0 Å². The molecule has 19 heavy (non-hydrogen) atoms. The lowest BCUT2D eigenvalue weighted by Gasteiger charge is -2.31. The molecule has 1 rings (SSSR count). The van der Waals surface area contributed by atoms with Crippen molar-refractivity contribution in [3.8, 4) is 0 Å². The Morgan fingerprint density at radius 2 is 1.74 bits per heavy atom. The summed E-state index contributed by atoms with van der Waals surface area (Å²) in [4.78, 5) is 22.2. The van der Waals surface area contributed by atoms with E-state index >= 15 is 0 Å². The second-order valence-electron chi connectivity index (χ2n) is 6.04. The summed E-state index contributed by atoms with van der Waals surface area (Å²) in [5, 5.41) is 21.0. The molecule has 6 heteroatoms. The Labute approximate surface area is 113 Å². The van der Waals surface area contributed by atoms with Crippen LogP contribution in [0.5, 0.6) is 0 Å². The van der Waals surface area contributed by atoms with Crippen molar-refractivity contribution >= 4 is 12.1 Å². The molecule has 1 aliphatic carbocycles. The van der Waals surface area contributed by atoms with E-state index in [2.05, 4.69) is 5.32 Å². The topological polar surface area (TPSA) is 95.9 Å². The number of aliphatic hydroxyl groups excluding tert-OH is 1. The Hall–Kier alpha value is -1.30. The number of aliphatic carboxylic acids is 1. The molecule has 0 aliphatic heterocycles. The SMILES string of the molecule is CC(C)(C)OC(=O)NC1CCC(C(O)C(=O)O)CC1. The van der Waals surface area contributed by atoms with E-state index < -0.39 is 23.8 Å². The average Bonchev–Trinajstić information content (AvgIpc) is 2.26. The fourth-order valence-electron chi connectivity index (χ4n) is 2.26. The van der Waals surface area contributed by atoms with E-state index in [9.17, 15) is 14.7 Å². The molecular weight excluding hydrogens is 250 g/mol. The third kappa shape index (κ3) is 5.46. The maximum Gasteiger partial charge on any atom is 0.407 e. The first-order valence-corrected chi connectivity index (χ1v) is 6.59. The second kappa shape index (κ2) is 6.23. The minimum atomic E-state index is -1.30. The molecule has 0 aromatic rings. The molecule has 0 heterocycles. The number of carbonyl (C=O) groups is 2. The average molecular weight is 273 g/mol. The molecule has 0 radical (unpaired) electrons. The summed E-state index contributed by atoms with van der Waals surface area (Å²) < 4.78 is 5.16. The van der Waals surface area contributed by atoms with Gasteiger partial charge in [0.25, 0.3) is 0 Å². The number of carboxylic acids is 1. The molecule has 0 spiro atoms. The van der Waals surface area contributed by atoms with Crippen LogP contribution in [-0.4, -0.2) is 40.0 Å². The fraction of sp³-hybridized carbons (Fsp3) is 0.846. The molecule has 110 valence electrons. The van der Waals surface area contributed by atoms with Crippen LogP contribution in [0.25, 0.3) is 0 Å². The maximum absolute atomic E-state index is 11.6. The summed E-state index contributed by atoms with van der Waals surface area (Å²) in [6, 6.07) is -0.00732. The van der Waals surface area contributed by atoms with Gasteiger partial charge in [-0.3, -0.25) is 0 Å². The van der Waals surface area contributed by atoms with Gasteiger partial charge in [0.15, 0.2) is 6.10 Å². The molecule has 0 aromatic heterocycles. The van der Waals surface area contributed by atoms with E-state index in [1.54, 1.807) is 20.8 Å². The number of ether oxygens (including phenoxy) is 1. The van der Waals surface area contributed by atoms with E-state index in [-0.39, 0.29) is 12.0 Å². The van der Waals surface area contributed by atoms with Crippen LogP contribution in [0.1, 0.15) is 46.5 Å². The Bertz CT molecular complexity index is 328. The summed E-state index contributed by atoms with van der Waals surface area (Å²) in [5.41, 5.74) is -0.527. The zero-order valence-corrected chi connectivity index (χ0v) is 11.7. The zero-order valence-electron chi connectivity index (χ0n) is 11.7. The predicted octanol–water partition coefficient (Wildman–Crippen LogP) is 1.52. The molecule has 1 unspecified atom stereocenters. The van der Waals surface area contributed by atoms with Gasteiger partial charge in [0.1, 0.15) is 5.60 Å². The normalized spacial score (nSPS) is 25.5. The number of rotatable bonds is 3. The first-order chi connectivity index (χ1) is 8.69. The van der Waals surface area contributed by atoms with E-state index in [0.29, 0.717) is 25.7 Å². The highest BCUT2D eigenvalue weighted by Gasteiger charge is 2.31. The van der Waals surface area contributed by atoms with Crippen molar-refractivity contribution in [1.29, 1.82) is 0 Å². The van der Waals surface area contributed by atoms with Gasteiger partial charge in [0, 0.05) is 6.04 Å². The summed E-state index contributed by atoms with van der Waals surface area (Å²) in [6.07, 6.45) is 0.752. The number of hydrogen-bond acceptors (Lipinski definition) is 4. The number of hydrogen-bond donors (Lipinski definition) is 3. The van der Waals surface area contributed by atoms with Crippen LogP contribution in [0.2, 0.25) is 0 Å². The highest BCUT2D eigenvalue weighted by Crippen LogP contribution is 2.27. The summed E-state index contributed by atoms with van der Waals surface area (Å²) >= 11 is 0. The minimum Gasteiger partial charge on any atom is -0.479 e. The largest absolute Gasteiger partial charge is 0.479 e. The van der Waals surface area contributed by atoms with Gasteiger partial charge in [0.05, 0.1) is 0 Å². The lowest BCUT2D eigenvalue weighted by molar-refractivity contribution is -0.150. The lowest BCUT2D eigenvalue weighted by atomic mass is 9.83. The van der Waals surface area contributed by atoms with Crippen molar-refractivity contribution in [2.24, 2.45) is 5.92 Å². The van der Waals surface area contributed by atoms with Gasteiger partial charge in [-0.2, -0.15) is 0 Å². The van der Waals surface area contributed by atoms with Gasteiger partial charge >= 0.3 is 12.1 Å². The van der Waals surface area contributed by atoms with E-state index in [4.69, 9.17) is 9.84 Å². The molecule has 6 nitrogen and oxygen atoms in total. The van der Waals surface area contributed by atoms with Crippen molar-refractivity contribution in [3.05, 3.63) is 0 Å². The highest BCUT2D eigenvalue weighted by atomic mass is 16.6. The molecule has 3 N–H and O–H groups in total. The van der Waals surface area contributed by atoms with Crippen LogP contribution in [0, 0.1) is 5.92 Å². The first kappa shape index (κ1) is 15.8. The van der Waals surface area contributed by atoms with Crippen LogP contribution in [0.15, 0.2) is 0 Å². The second-order valence-corrected chi connectivity index (χ2v) is 6.04. The van der Waals surface area contributed by atoms with Gasteiger partial charge < -0.3 is 20.3 Å². The molecule has 0 saturated heterocycles. The number of alkyl carbamates (subject to hydrolysis) is 1. The van der Waals surface area contributed by atoms with Crippen molar-refractivity contribution in [3.63, 3.8) is 0 Å². The number of carbonyl (C=O) groups excluding carboxylic acids is 1. The van der Waals surface area contributed by atoms with Gasteiger partial charge in [-0.25, -0.2) is 9.59 Å². The van der Waals surface area contributed by atoms with Crippen LogP contribution in [-0.2, 0) is 9.53 Å². The molecule has 1 saturated carbocycles. The Morgan fingerprint density at radius 1 is 1.21 bits per heavy atom. The van der Waals surface area contributed by atoms with Gasteiger partial charge in [-0.1, -0.05) is 0 Å². The zero-order chi connectivity index (χ0) is 14.6. The molecular formula is C13H23NO5. The van der Waals surface area contributed by atoms with Crippen molar-refractivity contribution < 1.29 is 24.5 Å². The van der Waals surface area contributed by atoms with Crippen LogP contribution in [0.3, 0.4) is 0 Å². The van der Waals surface area contributed by atoms with E-state index in [0.717, 1.165) is 0 Å². The smallest absolute Gasteiger partial charge is 0.407 e. The van der Waals surface area contributed by atoms with E-state index in [1.807, 2.05) is 0 Å². The fourth-order valence-corrected chi connectivity index (χ4v) is 2.26.